The molecular formula is C24H32N2O. The van der Waals surface area contributed by atoms with E-state index in [0.29, 0.717) is 12.1 Å². The van der Waals surface area contributed by atoms with E-state index < -0.39 is 0 Å². The van der Waals surface area contributed by atoms with Crippen molar-refractivity contribution in [3.8, 4) is 0 Å². The van der Waals surface area contributed by atoms with Gasteiger partial charge in [-0.3, -0.25) is 4.90 Å². The molecule has 1 saturated heterocycles. The first-order valence-corrected chi connectivity index (χ1v) is 10.6. The molecule has 0 aromatic heterocycles. The minimum absolute atomic E-state index is 0.161. The van der Waals surface area contributed by atoms with Crippen LogP contribution in [0.5, 0.6) is 0 Å². The van der Waals surface area contributed by atoms with Crippen molar-refractivity contribution >= 4 is 5.69 Å². The Labute approximate surface area is 163 Å². The molecule has 3 nitrogen and oxygen atoms in total. The zero-order valence-electron chi connectivity index (χ0n) is 16.4. The number of nitrogens with one attached hydrogen (secondary N) is 1. The molecule has 2 atom stereocenters. The van der Waals surface area contributed by atoms with Crippen LogP contribution in [0.1, 0.15) is 62.3 Å². The Balaban J connectivity index is 1.37. The lowest BCUT2D eigenvalue weighted by atomic mass is 9.95. The number of morpholine rings is 1. The number of hydrogen-bond donors (Lipinski definition) is 1. The SMILES string of the molecule is C[C@H](c1ccccc1)N1CCOC(c2ccc(NC3CCCCC3)cc2)C1. The summed E-state index contributed by atoms with van der Waals surface area (Å²) in [4.78, 5) is 2.54. The maximum Gasteiger partial charge on any atom is 0.0952 e. The fraction of sp³-hybridized carbons (Fsp3) is 0.500. The maximum atomic E-state index is 6.11. The zero-order valence-corrected chi connectivity index (χ0v) is 16.4. The van der Waals surface area contributed by atoms with Crippen molar-refractivity contribution in [3.63, 3.8) is 0 Å². The first kappa shape index (κ1) is 18.5. The summed E-state index contributed by atoms with van der Waals surface area (Å²) < 4.78 is 6.11. The van der Waals surface area contributed by atoms with E-state index in [0.717, 1.165) is 19.7 Å². The quantitative estimate of drug-likeness (QED) is 0.751. The number of hydrogen-bond acceptors (Lipinski definition) is 3. The average Bonchev–Trinajstić information content (AvgIpc) is 2.75. The van der Waals surface area contributed by atoms with Crippen molar-refractivity contribution in [2.45, 2.75) is 57.2 Å². The molecule has 2 aromatic rings. The fourth-order valence-corrected chi connectivity index (χ4v) is 4.44. The lowest BCUT2D eigenvalue weighted by Crippen LogP contribution is -2.39. The Kier molecular flexibility index (Phi) is 6.10. The highest BCUT2D eigenvalue weighted by Gasteiger charge is 2.26. The van der Waals surface area contributed by atoms with E-state index in [1.165, 1.54) is 48.9 Å². The highest BCUT2D eigenvalue weighted by molar-refractivity contribution is 5.46. The second-order valence-corrected chi connectivity index (χ2v) is 8.04. The van der Waals surface area contributed by atoms with Crippen LogP contribution in [-0.4, -0.2) is 30.6 Å². The van der Waals surface area contributed by atoms with Crippen LogP contribution in [0.4, 0.5) is 5.69 Å². The van der Waals surface area contributed by atoms with Crippen LogP contribution < -0.4 is 5.32 Å². The molecule has 1 N–H and O–H groups in total. The van der Waals surface area contributed by atoms with Crippen molar-refractivity contribution < 1.29 is 4.74 Å². The van der Waals surface area contributed by atoms with Crippen molar-refractivity contribution in [3.05, 3.63) is 65.7 Å². The monoisotopic (exact) mass is 364 g/mol. The number of anilines is 1. The molecule has 1 heterocycles. The Hall–Kier alpha value is -1.84. The molecule has 2 fully saturated rings. The van der Waals surface area contributed by atoms with Crippen molar-refractivity contribution in [2.75, 3.05) is 25.0 Å². The van der Waals surface area contributed by atoms with E-state index in [4.69, 9.17) is 4.74 Å². The summed E-state index contributed by atoms with van der Waals surface area (Å²) in [6.45, 7) is 5.04. The minimum Gasteiger partial charge on any atom is -0.382 e. The minimum atomic E-state index is 0.161. The molecule has 27 heavy (non-hydrogen) atoms. The van der Waals surface area contributed by atoms with Crippen molar-refractivity contribution in [2.24, 2.45) is 0 Å². The number of nitrogens with zero attached hydrogens (tertiary/aromatic N) is 1. The van der Waals surface area contributed by atoms with Crippen LogP contribution in [-0.2, 0) is 4.74 Å². The predicted molar refractivity (Wildman–Crippen MR) is 112 cm³/mol. The summed E-state index contributed by atoms with van der Waals surface area (Å²) >= 11 is 0. The smallest absolute Gasteiger partial charge is 0.0952 e. The second kappa shape index (κ2) is 8.90. The van der Waals surface area contributed by atoms with Crippen LogP contribution in [0.15, 0.2) is 54.6 Å². The maximum absolute atomic E-state index is 6.11. The van der Waals surface area contributed by atoms with E-state index in [1.807, 2.05) is 0 Å². The van der Waals surface area contributed by atoms with Gasteiger partial charge in [0, 0.05) is 30.9 Å². The summed E-state index contributed by atoms with van der Waals surface area (Å²) in [6.07, 6.45) is 6.89. The molecule has 4 rings (SSSR count). The van der Waals surface area contributed by atoms with Gasteiger partial charge in [-0.25, -0.2) is 0 Å². The largest absolute Gasteiger partial charge is 0.382 e. The highest BCUT2D eigenvalue weighted by atomic mass is 16.5. The van der Waals surface area contributed by atoms with Crippen LogP contribution in [0.2, 0.25) is 0 Å². The Bertz CT molecular complexity index is 694. The molecule has 1 aliphatic carbocycles. The molecule has 1 aliphatic heterocycles. The van der Waals surface area contributed by atoms with E-state index in [9.17, 15) is 0 Å². The fourth-order valence-electron chi connectivity index (χ4n) is 4.44. The molecule has 2 aliphatic rings. The first-order valence-electron chi connectivity index (χ1n) is 10.6. The summed E-state index contributed by atoms with van der Waals surface area (Å²) in [5, 5.41) is 3.71. The predicted octanol–water partition coefficient (Wildman–Crippen LogP) is 5.57. The normalized spacial score (nSPS) is 23.1. The zero-order chi connectivity index (χ0) is 18.5. The molecule has 1 unspecified atom stereocenters. The van der Waals surface area contributed by atoms with Crippen molar-refractivity contribution in [1.29, 1.82) is 0 Å². The third-order valence-corrected chi connectivity index (χ3v) is 6.19. The van der Waals surface area contributed by atoms with E-state index in [2.05, 4.69) is 71.7 Å². The lowest BCUT2D eigenvalue weighted by molar-refractivity contribution is -0.0431. The van der Waals surface area contributed by atoms with Crippen LogP contribution in [0, 0.1) is 0 Å². The molecule has 2 aromatic carbocycles. The Morgan fingerprint density at radius 2 is 1.70 bits per heavy atom. The van der Waals surface area contributed by atoms with Crippen LogP contribution in [0.3, 0.4) is 0 Å². The number of rotatable bonds is 5. The van der Waals surface area contributed by atoms with Gasteiger partial charge in [0.2, 0.25) is 0 Å². The number of ether oxygens (including phenoxy) is 1. The van der Waals surface area contributed by atoms with Gasteiger partial charge in [-0.15, -0.1) is 0 Å². The number of benzene rings is 2. The first-order chi connectivity index (χ1) is 13.3. The molecule has 0 spiro atoms. The molecule has 3 heteroatoms. The van der Waals surface area contributed by atoms with E-state index >= 15 is 0 Å². The molecule has 1 saturated carbocycles. The molecule has 0 radical (unpaired) electrons. The molecule has 0 bridgehead atoms. The third kappa shape index (κ3) is 4.72. The molecule has 0 amide bonds. The van der Waals surface area contributed by atoms with Gasteiger partial charge in [0.15, 0.2) is 0 Å². The molecular weight excluding hydrogens is 332 g/mol. The Morgan fingerprint density at radius 1 is 0.963 bits per heavy atom. The highest BCUT2D eigenvalue weighted by Crippen LogP contribution is 2.29. The second-order valence-electron chi connectivity index (χ2n) is 8.04. The van der Waals surface area contributed by atoms with Crippen molar-refractivity contribution in [1.82, 2.24) is 4.90 Å². The van der Waals surface area contributed by atoms with E-state index in [-0.39, 0.29) is 6.10 Å². The van der Waals surface area contributed by atoms with Gasteiger partial charge in [-0.1, -0.05) is 61.7 Å². The summed E-state index contributed by atoms with van der Waals surface area (Å²) in [7, 11) is 0. The van der Waals surface area contributed by atoms with Crippen LogP contribution >= 0.6 is 0 Å². The van der Waals surface area contributed by atoms with Gasteiger partial charge >= 0.3 is 0 Å². The lowest BCUT2D eigenvalue weighted by Gasteiger charge is -2.37. The van der Waals surface area contributed by atoms with Gasteiger partial charge in [0.25, 0.3) is 0 Å². The van der Waals surface area contributed by atoms with Gasteiger partial charge in [0.05, 0.1) is 12.7 Å². The average molecular weight is 365 g/mol. The topological polar surface area (TPSA) is 24.5 Å². The van der Waals surface area contributed by atoms with E-state index in [1.54, 1.807) is 0 Å². The summed E-state index contributed by atoms with van der Waals surface area (Å²) in [5.41, 5.74) is 3.91. The Morgan fingerprint density at radius 3 is 2.44 bits per heavy atom. The van der Waals surface area contributed by atoms with Gasteiger partial charge in [-0.2, -0.15) is 0 Å². The molecule has 144 valence electrons. The summed E-state index contributed by atoms with van der Waals surface area (Å²) in [5.74, 6) is 0. The summed E-state index contributed by atoms with van der Waals surface area (Å²) in [6, 6.07) is 20.8. The van der Waals surface area contributed by atoms with Gasteiger partial charge in [0.1, 0.15) is 0 Å². The van der Waals surface area contributed by atoms with Gasteiger partial charge < -0.3 is 10.1 Å². The third-order valence-electron chi connectivity index (χ3n) is 6.19. The van der Waals surface area contributed by atoms with Crippen LogP contribution in [0.25, 0.3) is 0 Å². The van der Waals surface area contributed by atoms with Gasteiger partial charge in [-0.05, 0) is 43.0 Å². The standard InChI is InChI=1S/C24H32N2O/c1-19(20-8-4-2-5-9-20)26-16-17-27-24(18-26)21-12-14-23(15-13-21)25-22-10-6-3-7-11-22/h2,4-5,8-9,12-15,19,22,24-25H,3,6-7,10-11,16-18H2,1H3/t19-,24?/m1/s1.